The zero-order valence-electron chi connectivity index (χ0n) is 13.9. The molecule has 5 nitrogen and oxygen atoms in total. The van der Waals surface area contributed by atoms with Gasteiger partial charge in [-0.1, -0.05) is 20.8 Å². The number of fused-ring (bicyclic) bond motifs is 1. The van der Waals surface area contributed by atoms with Gasteiger partial charge in [-0.05, 0) is 0 Å². The molecule has 2 unspecified atom stereocenters. The van der Waals surface area contributed by atoms with Crippen molar-refractivity contribution in [1.82, 2.24) is 15.0 Å². The van der Waals surface area contributed by atoms with Crippen molar-refractivity contribution in [3.05, 3.63) is 29.7 Å². The van der Waals surface area contributed by atoms with Gasteiger partial charge in [-0.3, -0.25) is 0 Å². The minimum atomic E-state index is 0.0644. The SMILES string of the molecule is CC(C)(C)c1cc(N2CC3CN(c4nccs4)CC3C2)ncn1. The molecule has 2 atom stereocenters. The van der Waals surface area contributed by atoms with E-state index in [1.54, 1.807) is 17.7 Å². The van der Waals surface area contributed by atoms with Crippen LogP contribution in [0.3, 0.4) is 0 Å². The van der Waals surface area contributed by atoms with Crippen molar-refractivity contribution < 1.29 is 0 Å². The summed E-state index contributed by atoms with van der Waals surface area (Å²) < 4.78 is 0. The number of hydrogen-bond donors (Lipinski definition) is 0. The standard InChI is InChI=1S/C17H23N5S/c1-17(2,3)14-6-15(20-11-19-14)21-7-12-9-22(10-13(12)8-21)16-18-4-5-23-16/h4-6,11-13H,7-10H2,1-3H3. The van der Waals surface area contributed by atoms with Gasteiger partial charge < -0.3 is 9.80 Å². The first-order valence-corrected chi connectivity index (χ1v) is 9.10. The molecule has 2 aromatic rings. The number of rotatable bonds is 2. The molecular weight excluding hydrogens is 306 g/mol. The Bertz CT molecular complexity index is 665. The normalized spacial score (nSPS) is 24.3. The first-order chi connectivity index (χ1) is 11.0. The monoisotopic (exact) mass is 329 g/mol. The fourth-order valence-electron chi connectivity index (χ4n) is 3.64. The van der Waals surface area contributed by atoms with Crippen molar-refractivity contribution in [3.63, 3.8) is 0 Å². The molecule has 0 amide bonds. The van der Waals surface area contributed by atoms with Gasteiger partial charge in [-0.25, -0.2) is 15.0 Å². The Balaban J connectivity index is 1.47. The first-order valence-electron chi connectivity index (χ1n) is 8.22. The van der Waals surface area contributed by atoms with Gasteiger partial charge in [-0.15, -0.1) is 11.3 Å². The molecule has 0 N–H and O–H groups in total. The molecule has 0 aromatic carbocycles. The van der Waals surface area contributed by atoms with Crippen LogP contribution < -0.4 is 9.80 Å². The topological polar surface area (TPSA) is 45.2 Å². The van der Waals surface area contributed by atoms with E-state index in [2.05, 4.69) is 57.0 Å². The molecule has 0 aliphatic carbocycles. The van der Waals surface area contributed by atoms with Gasteiger partial charge in [0.15, 0.2) is 5.13 Å². The summed E-state index contributed by atoms with van der Waals surface area (Å²) in [6.45, 7) is 11.0. The van der Waals surface area contributed by atoms with Crippen molar-refractivity contribution >= 4 is 22.3 Å². The summed E-state index contributed by atoms with van der Waals surface area (Å²) in [7, 11) is 0. The van der Waals surface area contributed by atoms with Crippen LogP contribution in [0.25, 0.3) is 0 Å². The minimum absolute atomic E-state index is 0.0644. The summed E-state index contributed by atoms with van der Waals surface area (Å²) in [6, 6.07) is 2.17. The van der Waals surface area contributed by atoms with Crippen molar-refractivity contribution in [3.8, 4) is 0 Å². The lowest BCUT2D eigenvalue weighted by atomic mass is 9.92. The summed E-state index contributed by atoms with van der Waals surface area (Å²) >= 11 is 1.74. The second-order valence-corrected chi connectivity index (χ2v) is 8.53. The van der Waals surface area contributed by atoms with Crippen LogP contribution in [-0.4, -0.2) is 41.1 Å². The maximum absolute atomic E-state index is 4.52. The van der Waals surface area contributed by atoms with Gasteiger partial charge in [0.1, 0.15) is 12.1 Å². The minimum Gasteiger partial charge on any atom is -0.356 e. The van der Waals surface area contributed by atoms with Gasteiger partial charge in [0.05, 0.1) is 5.69 Å². The van der Waals surface area contributed by atoms with Crippen LogP contribution >= 0.6 is 11.3 Å². The van der Waals surface area contributed by atoms with E-state index in [1.807, 2.05) is 6.20 Å². The fraction of sp³-hybridized carbons (Fsp3) is 0.588. The van der Waals surface area contributed by atoms with Gasteiger partial charge in [0.2, 0.25) is 0 Å². The highest BCUT2D eigenvalue weighted by molar-refractivity contribution is 7.13. The molecule has 2 aliphatic heterocycles. The maximum Gasteiger partial charge on any atom is 0.185 e. The Hall–Kier alpha value is -1.69. The molecule has 4 heterocycles. The van der Waals surface area contributed by atoms with E-state index < -0.39 is 0 Å². The van der Waals surface area contributed by atoms with Crippen LogP contribution in [0.5, 0.6) is 0 Å². The van der Waals surface area contributed by atoms with Crippen LogP contribution in [0.4, 0.5) is 10.9 Å². The number of aromatic nitrogens is 3. The summed E-state index contributed by atoms with van der Waals surface area (Å²) in [4.78, 5) is 18.3. The highest BCUT2D eigenvalue weighted by Crippen LogP contribution is 2.36. The van der Waals surface area contributed by atoms with Gasteiger partial charge in [-0.2, -0.15) is 0 Å². The van der Waals surface area contributed by atoms with Crippen molar-refractivity contribution in [1.29, 1.82) is 0 Å². The smallest absolute Gasteiger partial charge is 0.185 e. The molecule has 0 radical (unpaired) electrons. The van der Waals surface area contributed by atoms with Crippen LogP contribution in [0.15, 0.2) is 24.0 Å². The summed E-state index contributed by atoms with van der Waals surface area (Å²) in [5, 5.41) is 3.23. The molecule has 6 heteroatoms. The molecule has 122 valence electrons. The van der Waals surface area contributed by atoms with Crippen LogP contribution in [0.1, 0.15) is 26.5 Å². The van der Waals surface area contributed by atoms with Gasteiger partial charge in [0, 0.05) is 61.1 Å². The largest absolute Gasteiger partial charge is 0.356 e. The third-order valence-corrected chi connectivity index (χ3v) is 5.75. The van der Waals surface area contributed by atoms with E-state index in [0.717, 1.165) is 37.7 Å². The second kappa shape index (κ2) is 5.44. The Morgan fingerprint density at radius 1 is 1.00 bits per heavy atom. The number of nitrogens with zero attached hydrogens (tertiary/aromatic N) is 5. The molecule has 2 saturated heterocycles. The molecular formula is C17H23N5S. The zero-order chi connectivity index (χ0) is 16.0. The first kappa shape index (κ1) is 14.9. The quantitative estimate of drug-likeness (QED) is 0.848. The van der Waals surface area contributed by atoms with Crippen LogP contribution in [-0.2, 0) is 5.41 Å². The van der Waals surface area contributed by atoms with Crippen LogP contribution in [0, 0.1) is 11.8 Å². The predicted octanol–water partition coefficient (Wildman–Crippen LogP) is 2.80. The summed E-state index contributed by atoms with van der Waals surface area (Å²) in [5.74, 6) is 2.51. The highest BCUT2D eigenvalue weighted by atomic mass is 32.1. The third kappa shape index (κ3) is 2.80. The van der Waals surface area contributed by atoms with Crippen molar-refractivity contribution in [2.45, 2.75) is 26.2 Å². The van der Waals surface area contributed by atoms with Gasteiger partial charge in [0.25, 0.3) is 0 Å². The molecule has 2 aliphatic rings. The van der Waals surface area contributed by atoms with Crippen molar-refractivity contribution in [2.75, 3.05) is 36.0 Å². The van der Waals surface area contributed by atoms with E-state index in [1.165, 1.54) is 5.13 Å². The number of thiazole rings is 1. The average Bonchev–Trinajstić information content (AvgIpc) is 3.21. The van der Waals surface area contributed by atoms with Crippen LogP contribution in [0.2, 0.25) is 0 Å². The Kier molecular flexibility index (Phi) is 3.52. The molecule has 23 heavy (non-hydrogen) atoms. The fourth-order valence-corrected chi connectivity index (χ4v) is 4.30. The average molecular weight is 329 g/mol. The third-order valence-electron chi connectivity index (χ3n) is 4.92. The Morgan fingerprint density at radius 3 is 2.30 bits per heavy atom. The molecule has 4 rings (SSSR count). The summed E-state index contributed by atoms with van der Waals surface area (Å²) in [6.07, 6.45) is 3.61. The van der Waals surface area contributed by atoms with E-state index in [9.17, 15) is 0 Å². The van der Waals surface area contributed by atoms with E-state index in [4.69, 9.17) is 0 Å². The maximum atomic E-state index is 4.52. The highest BCUT2D eigenvalue weighted by Gasteiger charge is 2.41. The predicted molar refractivity (Wildman–Crippen MR) is 94.3 cm³/mol. The molecule has 2 aromatic heterocycles. The number of anilines is 2. The van der Waals surface area contributed by atoms with E-state index >= 15 is 0 Å². The molecule has 2 fully saturated rings. The lowest BCUT2D eigenvalue weighted by Crippen LogP contribution is -2.29. The van der Waals surface area contributed by atoms with E-state index in [-0.39, 0.29) is 5.41 Å². The lowest BCUT2D eigenvalue weighted by molar-refractivity contribution is 0.533. The van der Waals surface area contributed by atoms with Gasteiger partial charge >= 0.3 is 0 Å². The lowest BCUT2D eigenvalue weighted by Gasteiger charge is -2.24. The second-order valence-electron chi connectivity index (χ2n) is 7.66. The molecule has 0 spiro atoms. The van der Waals surface area contributed by atoms with E-state index in [0.29, 0.717) is 11.8 Å². The number of hydrogen-bond acceptors (Lipinski definition) is 6. The molecule has 0 saturated carbocycles. The Morgan fingerprint density at radius 2 is 1.70 bits per heavy atom. The van der Waals surface area contributed by atoms with Crippen molar-refractivity contribution in [2.24, 2.45) is 11.8 Å². The Labute approximate surface area is 141 Å². The molecule has 0 bridgehead atoms. The zero-order valence-corrected chi connectivity index (χ0v) is 14.8. The summed E-state index contributed by atoms with van der Waals surface area (Å²) in [5.41, 5.74) is 1.18.